The van der Waals surface area contributed by atoms with E-state index in [0.717, 1.165) is 70.7 Å². The number of amides is 3. The zero-order chi connectivity index (χ0) is 18.5. The third-order valence-electron chi connectivity index (χ3n) is 6.48. The maximum atomic E-state index is 12.7. The smallest absolute Gasteiger partial charge is 0.317 e. The van der Waals surface area contributed by atoms with Gasteiger partial charge in [0.15, 0.2) is 0 Å². The summed E-state index contributed by atoms with van der Waals surface area (Å²) >= 11 is 0. The Balaban J connectivity index is 1.41. The van der Waals surface area contributed by atoms with Gasteiger partial charge in [-0.3, -0.25) is 4.79 Å². The molecule has 3 aliphatic heterocycles. The van der Waals surface area contributed by atoms with E-state index < -0.39 is 0 Å². The van der Waals surface area contributed by atoms with E-state index in [-0.39, 0.29) is 18.0 Å². The van der Waals surface area contributed by atoms with Crippen molar-refractivity contribution in [2.24, 2.45) is 17.8 Å². The summed E-state index contributed by atoms with van der Waals surface area (Å²) in [5, 5.41) is 3.14. The molecule has 0 radical (unpaired) electrons. The van der Waals surface area contributed by atoms with Gasteiger partial charge in [-0.25, -0.2) is 4.79 Å². The summed E-state index contributed by atoms with van der Waals surface area (Å²) in [6, 6.07) is 0.151. The van der Waals surface area contributed by atoms with Crippen molar-refractivity contribution < 1.29 is 14.3 Å². The molecule has 148 valence electrons. The van der Waals surface area contributed by atoms with Crippen LogP contribution in [-0.4, -0.2) is 67.2 Å². The Morgan fingerprint density at radius 1 is 1.00 bits per heavy atom. The Labute approximate surface area is 157 Å². The molecule has 0 bridgehead atoms. The molecule has 3 aliphatic rings. The van der Waals surface area contributed by atoms with Gasteiger partial charge in [0.1, 0.15) is 0 Å². The molecule has 3 amide bonds. The van der Waals surface area contributed by atoms with E-state index in [1.165, 1.54) is 0 Å². The molecule has 0 saturated carbocycles. The van der Waals surface area contributed by atoms with Crippen molar-refractivity contribution in [3.05, 3.63) is 0 Å². The largest absolute Gasteiger partial charge is 0.381 e. The number of nitrogens with zero attached hydrogens (tertiary/aromatic N) is 2. The van der Waals surface area contributed by atoms with Crippen molar-refractivity contribution in [2.45, 2.75) is 58.4 Å². The van der Waals surface area contributed by atoms with E-state index in [1.54, 1.807) is 0 Å². The first kappa shape index (κ1) is 19.5. The summed E-state index contributed by atoms with van der Waals surface area (Å²) in [5.74, 6) is 1.55. The van der Waals surface area contributed by atoms with Crippen LogP contribution in [0.1, 0.15) is 52.4 Å². The predicted octanol–water partition coefficient (Wildman–Crippen LogP) is 2.48. The number of nitrogens with one attached hydrogen (secondary N) is 1. The fourth-order valence-electron chi connectivity index (χ4n) is 4.38. The van der Waals surface area contributed by atoms with Gasteiger partial charge in [-0.05, 0) is 51.4 Å². The standard InChI is InChI=1S/C20H35N3O3/c1-15-5-9-22(10-6-15)19(24)17-7-11-23(12-8-17)20(25)21-16(2)18-4-3-13-26-14-18/h15-18H,3-14H2,1-2H3,(H,21,25). The van der Waals surface area contributed by atoms with Gasteiger partial charge < -0.3 is 19.9 Å². The monoisotopic (exact) mass is 365 g/mol. The number of piperidine rings is 2. The third kappa shape index (κ3) is 4.90. The lowest BCUT2D eigenvalue weighted by molar-refractivity contribution is -0.138. The molecule has 0 aromatic carbocycles. The lowest BCUT2D eigenvalue weighted by atomic mass is 9.92. The Hall–Kier alpha value is -1.30. The number of carbonyl (C=O) groups excluding carboxylic acids is 2. The lowest BCUT2D eigenvalue weighted by Crippen LogP contribution is -2.51. The third-order valence-corrected chi connectivity index (χ3v) is 6.48. The number of hydrogen-bond donors (Lipinski definition) is 1. The average molecular weight is 366 g/mol. The number of urea groups is 1. The summed E-state index contributed by atoms with van der Waals surface area (Å²) < 4.78 is 5.53. The highest BCUT2D eigenvalue weighted by molar-refractivity contribution is 5.80. The van der Waals surface area contributed by atoms with Crippen LogP contribution in [-0.2, 0) is 9.53 Å². The molecule has 3 heterocycles. The molecule has 0 aromatic rings. The maximum Gasteiger partial charge on any atom is 0.317 e. The number of ether oxygens (including phenoxy) is 1. The van der Waals surface area contributed by atoms with Crippen LogP contribution in [0.25, 0.3) is 0 Å². The van der Waals surface area contributed by atoms with E-state index >= 15 is 0 Å². The van der Waals surface area contributed by atoms with E-state index in [4.69, 9.17) is 4.74 Å². The van der Waals surface area contributed by atoms with Crippen molar-refractivity contribution in [3.8, 4) is 0 Å². The van der Waals surface area contributed by atoms with Crippen LogP contribution in [0.2, 0.25) is 0 Å². The molecule has 6 nitrogen and oxygen atoms in total. The fraction of sp³-hybridized carbons (Fsp3) is 0.900. The normalized spacial score (nSPS) is 27.2. The number of likely N-dealkylation sites (tertiary alicyclic amines) is 2. The highest BCUT2D eigenvalue weighted by Crippen LogP contribution is 2.24. The number of hydrogen-bond acceptors (Lipinski definition) is 3. The van der Waals surface area contributed by atoms with Gasteiger partial charge >= 0.3 is 6.03 Å². The molecule has 0 aliphatic carbocycles. The second kappa shape index (κ2) is 9.07. The molecule has 2 unspecified atom stereocenters. The zero-order valence-electron chi connectivity index (χ0n) is 16.4. The summed E-state index contributed by atoms with van der Waals surface area (Å²) in [4.78, 5) is 29.2. The Kier molecular flexibility index (Phi) is 6.79. The van der Waals surface area contributed by atoms with Gasteiger partial charge in [0.25, 0.3) is 0 Å². The minimum Gasteiger partial charge on any atom is -0.381 e. The van der Waals surface area contributed by atoms with E-state index in [0.29, 0.717) is 24.9 Å². The van der Waals surface area contributed by atoms with Crippen molar-refractivity contribution in [1.29, 1.82) is 0 Å². The first-order valence-electron chi connectivity index (χ1n) is 10.5. The molecule has 3 saturated heterocycles. The van der Waals surface area contributed by atoms with Gasteiger partial charge in [-0.1, -0.05) is 6.92 Å². The van der Waals surface area contributed by atoms with Crippen molar-refractivity contribution in [3.63, 3.8) is 0 Å². The number of rotatable bonds is 3. The summed E-state index contributed by atoms with van der Waals surface area (Å²) in [6.45, 7) is 9.09. The topological polar surface area (TPSA) is 61.9 Å². The van der Waals surface area contributed by atoms with E-state index in [9.17, 15) is 9.59 Å². The zero-order valence-corrected chi connectivity index (χ0v) is 16.4. The Morgan fingerprint density at radius 2 is 1.65 bits per heavy atom. The quantitative estimate of drug-likeness (QED) is 0.836. The van der Waals surface area contributed by atoms with Crippen molar-refractivity contribution >= 4 is 11.9 Å². The minimum atomic E-state index is 0.0146. The van der Waals surface area contributed by atoms with Gasteiger partial charge in [0, 0.05) is 50.7 Å². The van der Waals surface area contributed by atoms with Gasteiger partial charge in [0.05, 0.1) is 6.61 Å². The molecule has 6 heteroatoms. The highest BCUT2D eigenvalue weighted by Gasteiger charge is 2.32. The second-order valence-corrected chi connectivity index (χ2v) is 8.48. The second-order valence-electron chi connectivity index (χ2n) is 8.48. The average Bonchev–Trinajstić information content (AvgIpc) is 2.69. The summed E-state index contributed by atoms with van der Waals surface area (Å²) in [5.41, 5.74) is 0. The lowest BCUT2D eigenvalue weighted by Gasteiger charge is -2.37. The predicted molar refractivity (Wildman–Crippen MR) is 101 cm³/mol. The first-order chi connectivity index (χ1) is 12.5. The molecule has 0 aromatic heterocycles. The minimum absolute atomic E-state index is 0.0146. The fourth-order valence-corrected chi connectivity index (χ4v) is 4.38. The van der Waals surface area contributed by atoms with Crippen LogP contribution in [0.15, 0.2) is 0 Å². The molecular weight excluding hydrogens is 330 g/mol. The van der Waals surface area contributed by atoms with Crippen LogP contribution < -0.4 is 5.32 Å². The first-order valence-corrected chi connectivity index (χ1v) is 10.5. The molecule has 2 atom stereocenters. The van der Waals surface area contributed by atoms with Gasteiger partial charge in [-0.15, -0.1) is 0 Å². The molecule has 26 heavy (non-hydrogen) atoms. The van der Waals surface area contributed by atoms with Crippen molar-refractivity contribution in [1.82, 2.24) is 15.1 Å². The van der Waals surface area contributed by atoms with Crippen LogP contribution >= 0.6 is 0 Å². The highest BCUT2D eigenvalue weighted by atomic mass is 16.5. The molecular formula is C20H35N3O3. The van der Waals surface area contributed by atoms with Crippen molar-refractivity contribution in [2.75, 3.05) is 39.4 Å². The van der Waals surface area contributed by atoms with Gasteiger partial charge in [-0.2, -0.15) is 0 Å². The SMILES string of the molecule is CC1CCN(C(=O)C2CCN(C(=O)NC(C)C3CCCOC3)CC2)CC1. The maximum absolute atomic E-state index is 12.7. The van der Waals surface area contributed by atoms with Crippen LogP contribution in [0.4, 0.5) is 4.79 Å². The van der Waals surface area contributed by atoms with Gasteiger partial charge in [0.2, 0.25) is 5.91 Å². The molecule has 3 fully saturated rings. The van der Waals surface area contributed by atoms with E-state index in [1.807, 2.05) is 9.80 Å². The number of carbonyl (C=O) groups is 2. The van der Waals surface area contributed by atoms with E-state index in [2.05, 4.69) is 19.2 Å². The Morgan fingerprint density at radius 3 is 2.27 bits per heavy atom. The van der Waals surface area contributed by atoms with Crippen LogP contribution in [0.3, 0.4) is 0 Å². The molecule has 0 spiro atoms. The van der Waals surface area contributed by atoms with Crippen LogP contribution in [0.5, 0.6) is 0 Å². The summed E-state index contributed by atoms with van der Waals surface area (Å²) in [6.07, 6.45) is 6.02. The summed E-state index contributed by atoms with van der Waals surface area (Å²) in [7, 11) is 0. The Bertz CT molecular complexity index is 477. The molecule has 1 N–H and O–H groups in total. The van der Waals surface area contributed by atoms with Crippen LogP contribution in [0, 0.1) is 17.8 Å². The molecule has 3 rings (SSSR count).